The second-order valence-electron chi connectivity index (χ2n) is 3.97. The van der Waals surface area contributed by atoms with Crippen LogP contribution < -0.4 is 0 Å². The molecule has 0 radical (unpaired) electrons. The number of hydrogen-bond donors (Lipinski definition) is 0. The van der Waals surface area contributed by atoms with Gasteiger partial charge in [0, 0.05) is 17.3 Å². The van der Waals surface area contributed by atoms with E-state index in [1.165, 1.54) is 0 Å². The third-order valence-electron chi connectivity index (χ3n) is 1.72. The highest BCUT2D eigenvalue weighted by atomic mass is 14.7. The summed E-state index contributed by atoms with van der Waals surface area (Å²) in [6.45, 7) is 20.1. The molecule has 0 aromatic heterocycles. The molecule has 0 aromatic carbocycles. The van der Waals surface area contributed by atoms with Gasteiger partial charge in [0.2, 0.25) is 0 Å². The molecule has 0 aliphatic heterocycles. The predicted molar refractivity (Wildman–Crippen MR) is 67.9 cm³/mol. The molecule has 82 valence electrons. The van der Waals surface area contributed by atoms with Crippen LogP contribution in [0.2, 0.25) is 0 Å². The first kappa shape index (κ1) is 15.6. The van der Waals surface area contributed by atoms with Crippen LogP contribution in [0.5, 0.6) is 0 Å². The number of nitrogens with zero attached hydrogens (tertiary/aromatic N) is 1. The molecule has 0 rings (SSSR count). The van der Waals surface area contributed by atoms with Crippen molar-refractivity contribution >= 4 is 6.21 Å². The first-order valence-electron chi connectivity index (χ1n) is 5.29. The average Bonchev–Trinajstić information content (AvgIpc) is 2.15. The summed E-state index contributed by atoms with van der Waals surface area (Å²) in [5, 5.41) is 0. The number of rotatable bonds is 3. The molecule has 0 heterocycles. The van der Waals surface area contributed by atoms with Crippen molar-refractivity contribution in [2.75, 3.05) is 0 Å². The van der Waals surface area contributed by atoms with Crippen LogP contribution in [0.1, 0.15) is 48.0 Å². The van der Waals surface area contributed by atoms with E-state index < -0.39 is 0 Å². The maximum atomic E-state index is 4.25. The van der Waals surface area contributed by atoms with Gasteiger partial charge in [0.25, 0.3) is 0 Å². The Labute approximate surface area is 89.6 Å². The lowest BCUT2D eigenvalue weighted by Crippen LogP contribution is -2.06. The van der Waals surface area contributed by atoms with E-state index in [1.807, 2.05) is 13.8 Å². The molecule has 0 spiro atoms. The van der Waals surface area contributed by atoms with Crippen molar-refractivity contribution in [3.63, 3.8) is 0 Å². The van der Waals surface area contributed by atoms with Crippen LogP contribution >= 0.6 is 0 Å². The molecular weight excluding hydrogens is 170 g/mol. The number of aliphatic imine (C=N–C) groups is 1. The van der Waals surface area contributed by atoms with Crippen LogP contribution in [-0.4, -0.2) is 6.21 Å². The lowest BCUT2D eigenvalue weighted by molar-refractivity contribution is 0.501. The van der Waals surface area contributed by atoms with E-state index in [1.54, 1.807) is 6.21 Å². The van der Waals surface area contributed by atoms with Crippen LogP contribution in [0.15, 0.2) is 29.4 Å². The van der Waals surface area contributed by atoms with Crippen molar-refractivity contribution in [2.24, 2.45) is 10.4 Å². The van der Waals surface area contributed by atoms with Crippen LogP contribution in [0.25, 0.3) is 0 Å². The van der Waals surface area contributed by atoms with E-state index in [-0.39, 0.29) is 5.41 Å². The molecule has 0 N–H and O–H groups in total. The van der Waals surface area contributed by atoms with Gasteiger partial charge in [0.15, 0.2) is 0 Å². The van der Waals surface area contributed by atoms with Gasteiger partial charge in [-0.1, -0.05) is 54.7 Å². The standard InChI is InChI=1S/C11H19N.C2H6/c1-7-9(2)8-12-10(3)11(4,5)6;1-2/h8H,2-3,7H2,1,4-6H3;1-2H3. The maximum absolute atomic E-state index is 4.25. The summed E-state index contributed by atoms with van der Waals surface area (Å²) in [7, 11) is 0. The molecule has 1 heteroatoms. The maximum Gasteiger partial charge on any atom is 0.0385 e. The molecule has 0 unspecified atom stereocenters. The summed E-state index contributed by atoms with van der Waals surface area (Å²) in [5.41, 5.74) is 2.00. The van der Waals surface area contributed by atoms with Crippen molar-refractivity contribution in [1.82, 2.24) is 0 Å². The molecule has 0 saturated heterocycles. The Hall–Kier alpha value is -0.850. The smallest absolute Gasteiger partial charge is 0.0385 e. The minimum absolute atomic E-state index is 0.0600. The van der Waals surface area contributed by atoms with Crippen molar-refractivity contribution < 1.29 is 0 Å². The van der Waals surface area contributed by atoms with Gasteiger partial charge in [0.05, 0.1) is 0 Å². The van der Waals surface area contributed by atoms with Gasteiger partial charge in [-0.15, -0.1) is 0 Å². The molecule has 14 heavy (non-hydrogen) atoms. The molecule has 0 amide bonds. The first-order valence-corrected chi connectivity index (χ1v) is 5.29. The van der Waals surface area contributed by atoms with E-state index in [9.17, 15) is 0 Å². The van der Waals surface area contributed by atoms with Gasteiger partial charge in [0.1, 0.15) is 0 Å². The van der Waals surface area contributed by atoms with Crippen molar-refractivity contribution in [3.8, 4) is 0 Å². The Morgan fingerprint density at radius 1 is 1.21 bits per heavy atom. The van der Waals surface area contributed by atoms with Gasteiger partial charge in [-0.3, -0.25) is 4.99 Å². The van der Waals surface area contributed by atoms with E-state index in [0.29, 0.717) is 0 Å². The van der Waals surface area contributed by atoms with Crippen LogP contribution in [0.3, 0.4) is 0 Å². The first-order chi connectivity index (χ1) is 6.38. The second kappa shape index (κ2) is 7.54. The van der Waals surface area contributed by atoms with E-state index in [0.717, 1.165) is 17.7 Å². The lowest BCUT2D eigenvalue weighted by atomic mass is 9.93. The normalized spacial score (nSPS) is 10.7. The summed E-state index contributed by atoms with van der Waals surface area (Å²) in [6.07, 6.45) is 2.74. The molecule has 0 aliphatic carbocycles. The summed E-state index contributed by atoms with van der Waals surface area (Å²) in [4.78, 5) is 4.25. The molecule has 0 saturated carbocycles. The highest BCUT2D eigenvalue weighted by Gasteiger charge is 2.12. The third-order valence-corrected chi connectivity index (χ3v) is 1.72. The molecule has 0 bridgehead atoms. The summed E-state index contributed by atoms with van der Waals surface area (Å²) < 4.78 is 0. The van der Waals surface area contributed by atoms with Gasteiger partial charge in [-0.05, 0) is 12.0 Å². The van der Waals surface area contributed by atoms with E-state index >= 15 is 0 Å². The highest BCUT2D eigenvalue weighted by molar-refractivity contribution is 5.78. The summed E-state index contributed by atoms with van der Waals surface area (Å²) in [5.74, 6) is 0. The largest absolute Gasteiger partial charge is 0.261 e. The molecule has 0 fully saturated rings. The summed E-state index contributed by atoms with van der Waals surface area (Å²) >= 11 is 0. The number of hydrogen-bond acceptors (Lipinski definition) is 1. The zero-order valence-electron chi connectivity index (χ0n) is 10.6. The molecule has 1 nitrogen and oxygen atoms in total. The van der Waals surface area contributed by atoms with Gasteiger partial charge in [-0.25, -0.2) is 0 Å². The van der Waals surface area contributed by atoms with Gasteiger partial charge < -0.3 is 0 Å². The topological polar surface area (TPSA) is 12.4 Å². The minimum Gasteiger partial charge on any atom is -0.261 e. The molecule has 0 aromatic rings. The zero-order chi connectivity index (χ0) is 11.8. The molecular formula is C13H25N. The fraction of sp³-hybridized carbons (Fsp3) is 0.615. The Balaban J connectivity index is 0. The second-order valence-corrected chi connectivity index (χ2v) is 3.97. The Morgan fingerprint density at radius 3 is 1.93 bits per heavy atom. The zero-order valence-corrected chi connectivity index (χ0v) is 10.6. The van der Waals surface area contributed by atoms with E-state index in [4.69, 9.17) is 0 Å². The number of allylic oxidation sites excluding steroid dienone is 2. The third kappa shape index (κ3) is 7.78. The monoisotopic (exact) mass is 195 g/mol. The van der Waals surface area contributed by atoms with Crippen LogP contribution in [0, 0.1) is 5.41 Å². The van der Waals surface area contributed by atoms with Gasteiger partial charge >= 0.3 is 0 Å². The lowest BCUT2D eigenvalue weighted by Gasteiger charge is -2.17. The Morgan fingerprint density at radius 2 is 1.64 bits per heavy atom. The minimum atomic E-state index is 0.0600. The highest BCUT2D eigenvalue weighted by Crippen LogP contribution is 2.23. The van der Waals surface area contributed by atoms with E-state index in [2.05, 4.69) is 45.8 Å². The van der Waals surface area contributed by atoms with Crippen LogP contribution in [0.4, 0.5) is 0 Å². The Bertz CT molecular complexity index is 204. The van der Waals surface area contributed by atoms with Crippen molar-refractivity contribution in [1.29, 1.82) is 0 Å². The SMILES string of the molecule is C=C(C=NC(=C)C(C)(C)C)CC.CC. The van der Waals surface area contributed by atoms with Gasteiger partial charge in [-0.2, -0.15) is 0 Å². The van der Waals surface area contributed by atoms with Crippen molar-refractivity contribution in [2.45, 2.75) is 48.0 Å². The predicted octanol–water partition coefficient (Wildman–Crippen LogP) is 4.61. The quantitative estimate of drug-likeness (QED) is 0.583. The Kier molecular flexibility index (Phi) is 8.41. The van der Waals surface area contributed by atoms with Crippen LogP contribution in [-0.2, 0) is 0 Å². The average molecular weight is 195 g/mol. The molecule has 0 aliphatic rings. The molecule has 0 atom stereocenters. The van der Waals surface area contributed by atoms with Crippen molar-refractivity contribution in [3.05, 3.63) is 24.4 Å². The summed E-state index contributed by atoms with van der Waals surface area (Å²) in [6, 6.07) is 0. The fourth-order valence-electron chi connectivity index (χ4n) is 0.454. The fourth-order valence-corrected chi connectivity index (χ4v) is 0.454.